The SMILES string of the molecule is CCCCCCO[P+](C)=O. The summed E-state index contributed by atoms with van der Waals surface area (Å²) in [5.74, 6) is 0. The third-order valence-corrected chi connectivity index (χ3v) is 1.82. The highest BCUT2D eigenvalue weighted by Gasteiger charge is 2.04. The average molecular weight is 163 g/mol. The maximum atomic E-state index is 10.4. The minimum Gasteiger partial charge on any atom is -0.147 e. The first-order valence-corrected chi connectivity index (χ1v) is 5.43. The van der Waals surface area contributed by atoms with Gasteiger partial charge in [0, 0.05) is 0 Å². The van der Waals surface area contributed by atoms with Crippen LogP contribution in [0.25, 0.3) is 0 Å². The second-order valence-corrected chi connectivity index (χ2v) is 3.47. The lowest BCUT2D eigenvalue weighted by Crippen LogP contribution is -1.85. The Morgan fingerprint density at radius 3 is 2.50 bits per heavy atom. The molecule has 0 rings (SSSR count). The zero-order valence-electron chi connectivity index (χ0n) is 6.80. The topological polar surface area (TPSA) is 26.3 Å². The Labute approximate surface area is 63.8 Å². The third-order valence-electron chi connectivity index (χ3n) is 1.27. The molecule has 3 heteroatoms. The summed E-state index contributed by atoms with van der Waals surface area (Å²) in [6.07, 6.45) is 4.73. The van der Waals surface area contributed by atoms with Crippen LogP contribution in [0.1, 0.15) is 32.6 Å². The molecule has 0 spiro atoms. The predicted molar refractivity (Wildman–Crippen MR) is 43.6 cm³/mol. The summed E-state index contributed by atoms with van der Waals surface area (Å²) in [5, 5.41) is 0. The molecule has 0 fully saturated rings. The molecule has 60 valence electrons. The van der Waals surface area contributed by atoms with E-state index in [0.717, 1.165) is 6.42 Å². The predicted octanol–water partition coefficient (Wildman–Crippen LogP) is 2.96. The van der Waals surface area contributed by atoms with Gasteiger partial charge in [0.1, 0.15) is 6.61 Å². The van der Waals surface area contributed by atoms with Crippen molar-refractivity contribution in [3.8, 4) is 0 Å². The lowest BCUT2D eigenvalue weighted by Gasteiger charge is -1.92. The smallest absolute Gasteiger partial charge is 0.147 e. The van der Waals surface area contributed by atoms with E-state index >= 15 is 0 Å². The van der Waals surface area contributed by atoms with Crippen molar-refractivity contribution in [2.24, 2.45) is 0 Å². The Balaban J connectivity index is 2.84. The molecular formula is C7H16O2P+. The van der Waals surface area contributed by atoms with Crippen molar-refractivity contribution in [2.75, 3.05) is 13.3 Å². The van der Waals surface area contributed by atoms with Gasteiger partial charge < -0.3 is 0 Å². The third kappa shape index (κ3) is 8.06. The van der Waals surface area contributed by atoms with Crippen LogP contribution in [0, 0.1) is 0 Å². The van der Waals surface area contributed by atoms with E-state index in [1.165, 1.54) is 19.3 Å². The van der Waals surface area contributed by atoms with Crippen LogP contribution < -0.4 is 0 Å². The van der Waals surface area contributed by atoms with Crippen molar-refractivity contribution < 1.29 is 9.09 Å². The largest absolute Gasteiger partial charge is 0.504 e. The van der Waals surface area contributed by atoms with Crippen molar-refractivity contribution in [1.29, 1.82) is 0 Å². The Bertz CT molecular complexity index is 93.6. The molecule has 0 aromatic heterocycles. The first-order valence-electron chi connectivity index (χ1n) is 3.81. The molecule has 0 radical (unpaired) electrons. The fourth-order valence-electron chi connectivity index (χ4n) is 0.722. The molecule has 1 atom stereocenters. The fourth-order valence-corrected chi connectivity index (χ4v) is 1.11. The lowest BCUT2D eigenvalue weighted by atomic mass is 10.2. The lowest BCUT2D eigenvalue weighted by molar-refractivity contribution is 0.319. The molecule has 0 heterocycles. The molecular weight excluding hydrogens is 147 g/mol. The Hall–Kier alpha value is 0.0600. The van der Waals surface area contributed by atoms with Crippen LogP contribution in [0.3, 0.4) is 0 Å². The molecule has 0 N–H and O–H groups in total. The van der Waals surface area contributed by atoms with Gasteiger partial charge in [-0.3, -0.25) is 0 Å². The molecule has 0 bridgehead atoms. The summed E-state index contributed by atoms with van der Waals surface area (Å²) >= 11 is 0. The van der Waals surface area contributed by atoms with Crippen LogP contribution in [0.5, 0.6) is 0 Å². The van der Waals surface area contributed by atoms with Gasteiger partial charge in [-0.15, -0.1) is 4.52 Å². The molecule has 0 saturated heterocycles. The van der Waals surface area contributed by atoms with Gasteiger partial charge in [0.2, 0.25) is 0 Å². The van der Waals surface area contributed by atoms with Crippen molar-refractivity contribution >= 4 is 8.03 Å². The highest BCUT2D eigenvalue weighted by Crippen LogP contribution is 2.15. The van der Waals surface area contributed by atoms with Crippen LogP contribution in [-0.4, -0.2) is 13.3 Å². The second-order valence-electron chi connectivity index (χ2n) is 2.33. The molecule has 10 heavy (non-hydrogen) atoms. The molecule has 0 aliphatic rings. The number of rotatable bonds is 6. The summed E-state index contributed by atoms with van der Waals surface area (Å²) in [4.78, 5) is 0. The van der Waals surface area contributed by atoms with E-state index in [-0.39, 0.29) is 0 Å². The van der Waals surface area contributed by atoms with Gasteiger partial charge in [-0.05, 0) is 11.0 Å². The molecule has 0 aromatic carbocycles. The van der Waals surface area contributed by atoms with Gasteiger partial charge in [-0.1, -0.05) is 26.2 Å². The molecule has 0 aromatic rings. The van der Waals surface area contributed by atoms with Crippen molar-refractivity contribution in [1.82, 2.24) is 0 Å². The van der Waals surface area contributed by atoms with E-state index in [9.17, 15) is 4.57 Å². The number of unbranched alkanes of at least 4 members (excludes halogenated alkanes) is 3. The maximum Gasteiger partial charge on any atom is 0.504 e. The average Bonchev–Trinajstić information content (AvgIpc) is 1.87. The fraction of sp³-hybridized carbons (Fsp3) is 1.00. The minimum absolute atomic E-state index is 0.658. The summed E-state index contributed by atoms with van der Waals surface area (Å²) in [6, 6.07) is 0. The normalized spacial score (nSPS) is 11.6. The van der Waals surface area contributed by atoms with Crippen LogP contribution in [0.15, 0.2) is 0 Å². The molecule has 0 aliphatic heterocycles. The van der Waals surface area contributed by atoms with E-state index in [1.54, 1.807) is 6.66 Å². The van der Waals surface area contributed by atoms with Crippen molar-refractivity contribution in [3.63, 3.8) is 0 Å². The maximum absolute atomic E-state index is 10.4. The number of hydrogen-bond donors (Lipinski definition) is 0. The molecule has 0 aliphatic carbocycles. The van der Waals surface area contributed by atoms with Crippen LogP contribution in [0.4, 0.5) is 0 Å². The zero-order valence-corrected chi connectivity index (χ0v) is 7.69. The van der Waals surface area contributed by atoms with E-state index in [4.69, 9.17) is 4.52 Å². The first kappa shape index (κ1) is 10.1. The number of hydrogen-bond acceptors (Lipinski definition) is 2. The van der Waals surface area contributed by atoms with Gasteiger partial charge in [0.05, 0.1) is 0 Å². The summed E-state index contributed by atoms with van der Waals surface area (Å²) in [6.45, 7) is 4.42. The first-order chi connectivity index (χ1) is 4.77. The van der Waals surface area contributed by atoms with Crippen LogP contribution in [-0.2, 0) is 9.09 Å². The standard InChI is InChI=1S/C7H16O2P/c1-3-4-5-6-7-9-10(2)8/h3-7H2,1-2H3/q+1. The summed E-state index contributed by atoms with van der Waals surface area (Å²) in [5.41, 5.74) is 0. The van der Waals surface area contributed by atoms with Crippen molar-refractivity contribution in [3.05, 3.63) is 0 Å². The van der Waals surface area contributed by atoms with Crippen LogP contribution >= 0.6 is 8.03 Å². The second kappa shape index (κ2) is 7.17. The highest BCUT2D eigenvalue weighted by atomic mass is 31.1. The van der Waals surface area contributed by atoms with Crippen molar-refractivity contribution in [2.45, 2.75) is 32.6 Å². The molecule has 1 unspecified atom stereocenters. The monoisotopic (exact) mass is 163 g/mol. The molecule has 2 nitrogen and oxygen atoms in total. The van der Waals surface area contributed by atoms with Gasteiger partial charge in [-0.25, -0.2) is 0 Å². The highest BCUT2D eigenvalue weighted by molar-refractivity contribution is 7.38. The van der Waals surface area contributed by atoms with E-state index in [0.29, 0.717) is 6.61 Å². The van der Waals surface area contributed by atoms with E-state index < -0.39 is 8.03 Å². The zero-order chi connectivity index (χ0) is 7.82. The minimum atomic E-state index is -1.37. The van der Waals surface area contributed by atoms with Gasteiger partial charge >= 0.3 is 8.03 Å². The molecule has 0 amide bonds. The Kier molecular flexibility index (Phi) is 7.21. The van der Waals surface area contributed by atoms with Gasteiger partial charge in [0.15, 0.2) is 6.66 Å². The Morgan fingerprint density at radius 1 is 1.30 bits per heavy atom. The van der Waals surface area contributed by atoms with E-state index in [2.05, 4.69) is 6.92 Å². The Morgan fingerprint density at radius 2 is 2.00 bits per heavy atom. The quantitative estimate of drug-likeness (QED) is 0.444. The van der Waals surface area contributed by atoms with Crippen LogP contribution in [0.2, 0.25) is 0 Å². The summed E-state index contributed by atoms with van der Waals surface area (Å²) < 4.78 is 15.3. The summed E-state index contributed by atoms with van der Waals surface area (Å²) in [7, 11) is -1.37. The molecule has 0 saturated carbocycles. The van der Waals surface area contributed by atoms with Gasteiger partial charge in [-0.2, -0.15) is 0 Å². The van der Waals surface area contributed by atoms with E-state index in [1.807, 2.05) is 0 Å². The van der Waals surface area contributed by atoms with Gasteiger partial charge in [0.25, 0.3) is 0 Å².